The number of likely N-dealkylation sites (N-methyl/N-ethyl adjacent to an activating group) is 1. The van der Waals surface area contributed by atoms with E-state index in [2.05, 4.69) is 16.0 Å². The molecule has 0 saturated heterocycles. The Morgan fingerprint density at radius 2 is 1.84 bits per heavy atom. The van der Waals surface area contributed by atoms with Crippen LogP contribution in [0.2, 0.25) is 0 Å². The molecule has 2 aromatic rings. The molecule has 3 rings (SSSR count). The molecular weight excluding hydrogens is 493 g/mol. The fourth-order valence-corrected chi connectivity index (χ4v) is 4.09. The standard InChI is InChI=1S/C27H36FN5O5/c1-16(2)29-26(36)31-22-8-6-7-21-24(22)38-23(17(3)13-33(25(21)35)18(4)15-34)14-32(5)27(37)30-20-11-9-19(28)10-12-20/h6-12,16-18,23,34H,13-15H2,1-5H3,(H,30,37)(H2,29,31,36)/t17-,18+,23+/m0/s1. The van der Waals surface area contributed by atoms with E-state index in [4.69, 9.17) is 4.74 Å². The van der Waals surface area contributed by atoms with Crippen LogP contribution in [0.25, 0.3) is 0 Å². The van der Waals surface area contributed by atoms with Gasteiger partial charge in [-0.05, 0) is 57.2 Å². The number of amides is 5. The van der Waals surface area contributed by atoms with Gasteiger partial charge in [0.05, 0.1) is 30.4 Å². The molecule has 0 unspecified atom stereocenters. The minimum absolute atomic E-state index is 0.106. The van der Waals surface area contributed by atoms with Gasteiger partial charge in [0.15, 0.2) is 5.75 Å². The normalized spacial score (nSPS) is 18.0. The number of urea groups is 2. The molecule has 0 fully saturated rings. The highest BCUT2D eigenvalue weighted by Crippen LogP contribution is 2.35. The first-order valence-electron chi connectivity index (χ1n) is 12.6. The maximum Gasteiger partial charge on any atom is 0.321 e. The number of nitrogens with one attached hydrogen (secondary N) is 3. The zero-order valence-electron chi connectivity index (χ0n) is 22.3. The van der Waals surface area contributed by atoms with Gasteiger partial charge < -0.3 is 35.6 Å². The molecule has 5 amide bonds. The van der Waals surface area contributed by atoms with E-state index < -0.39 is 30.0 Å². The quantitative estimate of drug-likeness (QED) is 0.435. The molecule has 11 heteroatoms. The Balaban J connectivity index is 1.92. The van der Waals surface area contributed by atoms with Gasteiger partial charge in [-0.1, -0.05) is 13.0 Å². The van der Waals surface area contributed by atoms with E-state index >= 15 is 0 Å². The molecule has 0 radical (unpaired) electrons. The smallest absolute Gasteiger partial charge is 0.321 e. The number of halogens is 1. The number of anilines is 2. The van der Waals surface area contributed by atoms with Crippen LogP contribution in [0.5, 0.6) is 5.75 Å². The lowest BCUT2D eigenvalue weighted by atomic mass is 9.99. The summed E-state index contributed by atoms with van der Waals surface area (Å²) in [5.41, 5.74) is 0.988. The summed E-state index contributed by atoms with van der Waals surface area (Å²) in [6, 6.07) is 8.89. The monoisotopic (exact) mass is 529 g/mol. The van der Waals surface area contributed by atoms with E-state index in [-0.39, 0.29) is 48.9 Å². The van der Waals surface area contributed by atoms with E-state index in [1.165, 1.54) is 29.2 Å². The van der Waals surface area contributed by atoms with Crippen molar-refractivity contribution in [2.24, 2.45) is 5.92 Å². The lowest BCUT2D eigenvalue weighted by Crippen LogP contribution is -2.50. The molecule has 1 heterocycles. The molecular formula is C27H36FN5O5. The first kappa shape index (κ1) is 28.7. The molecule has 10 nitrogen and oxygen atoms in total. The molecule has 38 heavy (non-hydrogen) atoms. The number of carbonyl (C=O) groups is 3. The summed E-state index contributed by atoms with van der Waals surface area (Å²) in [5.74, 6) is -0.799. The molecule has 1 aliphatic heterocycles. The zero-order valence-corrected chi connectivity index (χ0v) is 22.3. The third-order valence-electron chi connectivity index (χ3n) is 6.26. The molecule has 2 aromatic carbocycles. The summed E-state index contributed by atoms with van der Waals surface area (Å²) in [6.07, 6.45) is -0.574. The Morgan fingerprint density at radius 3 is 2.47 bits per heavy atom. The van der Waals surface area contributed by atoms with Crippen molar-refractivity contribution in [1.82, 2.24) is 15.1 Å². The van der Waals surface area contributed by atoms with E-state index in [1.807, 2.05) is 20.8 Å². The van der Waals surface area contributed by atoms with Crippen molar-refractivity contribution in [2.75, 3.05) is 37.4 Å². The van der Waals surface area contributed by atoms with Crippen LogP contribution < -0.4 is 20.7 Å². The fourth-order valence-electron chi connectivity index (χ4n) is 4.09. The van der Waals surface area contributed by atoms with Crippen molar-refractivity contribution in [3.8, 4) is 5.75 Å². The van der Waals surface area contributed by atoms with Crippen molar-refractivity contribution in [3.05, 3.63) is 53.8 Å². The summed E-state index contributed by atoms with van der Waals surface area (Å²) in [4.78, 5) is 41.9. The van der Waals surface area contributed by atoms with E-state index in [0.29, 0.717) is 11.4 Å². The van der Waals surface area contributed by atoms with Gasteiger partial charge in [-0.25, -0.2) is 14.0 Å². The number of benzene rings is 2. The minimum atomic E-state index is -0.574. The number of rotatable bonds is 7. The van der Waals surface area contributed by atoms with Crippen molar-refractivity contribution in [2.45, 2.75) is 45.9 Å². The number of para-hydroxylation sites is 1. The SMILES string of the molecule is CC(C)NC(=O)Nc1cccc2c1O[C@H](CN(C)C(=O)Nc1ccc(F)cc1)[C@@H](C)CN([C@H](C)CO)C2=O. The maximum atomic E-state index is 13.5. The average molecular weight is 530 g/mol. The highest BCUT2D eigenvalue weighted by Gasteiger charge is 2.35. The first-order valence-corrected chi connectivity index (χ1v) is 12.6. The molecule has 0 aliphatic carbocycles. The predicted octanol–water partition coefficient (Wildman–Crippen LogP) is 3.74. The molecule has 0 spiro atoms. The second kappa shape index (κ2) is 12.6. The van der Waals surface area contributed by atoms with Crippen LogP contribution in [0.4, 0.5) is 25.4 Å². The van der Waals surface area contributed by atoms with Crippen molar-refractivity contribution in [1.29, 1.82) is 0 Å². The van der Waals surface area contributed by atoms with Gasteiger partial charge >= 0.3 is 12.1 Å². The molecule has 4 N–H and O–H groups in total. The summed E-state index contributed by atoms with van der Waals surface area (Å²) in [5, 5.41) is 18.1. The second-order valence-electron chi connectivity index (χ2n) is 9.88. The number of nitrogens with zero attached hydrogens (tertiary/aromatic N) is 2. The van der Waals surface area contributed by atoms with Crippen LogP contribution >= 0.6 is 0 Å². The van der Waals surface area contributed by atoms with Crippen LogP contribution in [0.3, 0.4) is 0 Å². The van der Waals surface area contributed by atoms with Crippen molar-refractivity contribution < 1.29 is 28.6 Å². The van der Waals surface area contributed by atoms with Gasteiger partial charge in [-0.2, -0.15) is 0 Å². The second-order valence-corrected chi connectivity index (χ2v) is 9.88. The van der Waals surface area contributed by atoms with Gasteiger partial charge in [0.2, 0.25) is 0 Å². The minimum Gasteiger partial charge on any atom is -0.485 e. The number of hydrogen-bond donors (Lipinski definition) is 4. The molecule has 0 bridgehead atoms. The number of fused-ring (bicyclic) bond motifs is 1. The molecule has 3 atom stereocenters. The van der Waals surface area contributed by atoms with E-state index in [0.717, 1.165) is 0 Å². The van der Waals surface area contributed by atoms with E-state index in [9.17, 15) is 23.9 Å². The Labute approximate surface area is 222 Å². The lowest BCUT2D eigenvalue weighted by Gasteiger charge is -2.38. The summed E-state index contributed by atoms with van der Waals surface area (Å²) in [6.45, 7) is 7.50. The van der Waals surface area contributed by atoms with Gasteiger partial charge in [0.25, 0.3) is 5.91 Å². The maximum absolute atomic E-state index is 13.5. The van der Waals surface area contributed by atoms with Crippen LogP contribution in [-0.4, -0.2) is 77.8 Å². The number of carbonyl (C=O) groups excluding carboxylic acids is 3. The Kier molecular flexibility index (Phi) is 9.51. The van der Waals surface area contributed by atoms with Crippen molar-refractivity contribution >= 4 is 29.3 Å². The van der Waals surface area contributed by atoms with Crippen LogP contribution in [-0.2, 0) is 0 Å². The molecule has 1 aliphatic rings. The largest absolute Gasteiger partial charge is 0.485 e. The van der Waals surface area contributed by atoms with E-state index in [1.54, 1.807) is 37.1 Å². The fraction of sp³-hybridized carbons (Fsp3) is 0.444. The number of aliphatic hydroxyl groups excluding tert-OH is 1. The highest BCUT2D eigenvalue weighted by atomic mass is 19.1. The lowest BCUT2D eigenvalue weighted by molar-refractivity contribution is 0.0373. The van der Waals surface area contributed by atoms with Crippen LogP contribution in [0, 0.1) is 11.7 Å². The van der Waals surface area contributed by atoms with Crippen LogP contribution in [0.1, 0.15) is 38.1 Å². The first-order chi connectivity index (χ1) is 18.0. The summed E-state index contributed by atoms with van der Waals surface area (Å²) in [7, 11) is 1.61. The van der Waals surface area contributed by atoms with Gasteiger partial charge in [-0.15, -0.1) is 0 Å². The number of aliphatic hydroxyl groups is 1. The van der Waals surface area contributed by atoms with Gasteiger partial charge in [0, 0.05) is 31.2 Å². The Bertz CT molecular complexity index is 1140. The summed E-state index contributed by atoms with van der Waals surface area (Å²) < 4.78 is 19.6. The van der Waals surface area contributed by atoms with Gasteiger partial charge in [-0.3, -0.25) is 4.79 Å². The zero-order chi connectivity index (χ0) is 28.0. The third-order valence-corrected chi connectivity index (χ3v) is 6.26. The molecule has 0 saturated carbocycles. The molecule has 206 valence electrons. The van der Waals surface area contributed by atoms with Gasteiger partial charge in [0.1, 0.15) is 11.9 Å². The van der Waals surface area contributed by atoms with Crippen molar-refractivity contribution in [3.63, 3.8) is 0 Å². The van der Waals surface area contributed by atoms with Crippen LogP contribution in [0.15, 0.2) is 42.5 Å². The Hall–Kier alpha value is -3.86. The highest BCUT2D eigenvalue weighted by molar-refractivity contribution is 6.01. The third kappa shape index (κ3) is 7.12. The topological polar surface area (TPSA) is 123 Å². The average Bonchev–Trinajstić information content (AvgIpc) is 2.86. The predicted molar refractivity (Wildman–Crippen MR) is 143 cm³/mol. The molecule has 0 aromatic heterocycles. The summed E-state index contributed by atoms with van der Waals surface area (Å²) >= 11 is 0. The number of ether oxygens (including phenoxy) is 1. The number of hydrogen-bond acceptors (Lipinski definition) is 5. The Morgan fingerprint density at radius 1 is 1.16 bits per heavy atom.